The van der Waals surface area contributed by atoms with Gasteiger partial charge in [0.05, 0.1) is 4.90 Å². The van der Waals surface area contributed by atoms with Gasteiger partial charge in [-0.15, -0.1) is 4.83 Å². The number of piperidine rings is 1. The molecule has 106 valence electrons. The average Bonchev–Trinajstić information content (AvgIpc) is 2.39. The minimum Gasteiger partial charge on any atom is -0.326 e. The zero-order chi connectivity index (χ0) is 13.9. The van der Waals surface area contributed by atoms with E-state index in [9.17, 15) is 8.42 Å². The second-order valence-corrected chi connectivity index (χ2v) is 6.60. The lowest BCUT2D eigenvalue weighted by Crippen LogP contribution is -2.44. The number of rotatable bonds is 4. The van der Waals surface area contributed by atoms with E-state index < -0.39 is 10.0 Å². The van der Waals surface area contributed by atoms with Gasteiger partial charge in [0, 0.05) is 19.6 Å². The van der Waals surface area contributed by atoms with Crippen molar-refractivity contribution >= 4 is 10.0 Å². The number of hydrogen-bond acceptors (Lipinski definition) is 4. The Labute approximate surface area is 114 Å². The predicted octanol–water partition coefficient (Wildman–Crippen LogP) is 1.13. The van der Waals surface area contributed by atoms with Crippen molar-refractivity contribution in [2.24, 2.45) is 5.73 Å². The largest absolute Gasteiger partial charge is 0.326 e. The Kier molecular flexibility index (Phi) is 4.57. The lowest BCUT2D eigenvalue weighted by Gasteiger charge is -2.26. The van der Waals surface area contributed by atoms with Crippen LogP contribution < -0.4 is 10.6 Å². The van der Waals surface area contributed by atoms with Crippen molar-refractivity contribution < 1.29 is 8.42 Å². The number of nitrogens with zero attached hydrogens (tertiary/aromatic N) is 1. The molecular formula is C13H21N3O2S. The summed E-state index contributed by atoms with van der Waals surface area (Å²) < 4.78 is 24.5. The second kappa shape index (κ2) is 6.00. The molecule has 19 heavy (non-hydrogen) atoms. The van der Waals surface area contributed by atoms with E-state index >= 15 is 0 Å². The molecule has 0 aromatic heterocycles. The molecule has 6 heteroatoms. The third kappa shape index (κ3) is 3.54. The van der Waals surface area contributed by atoms with E-state index in [0.29, 0.717) is 11.4 Å². The fourth-order valence-corrected chi connectivity index (χ4v) is 3.48. The Morgan fingerprint density at radius 2 is 1.95 bits per heavy atom. The minimum absolute atomic E-state index is 0.299. The van der Waals surface area contributed by atoms with Crippen molar-refractivity contribution in [3.05, 3.63) is 29.3 Å². The van der Waals surface area contributed by atoms with Gasteiger partial charge in [-0.05, 0) is 43.0 Å². The number of hydrogen-bond donors (Lipinski definition) is 2. The van der Waals surface area contributed by atoms with Crippen molar-refractivity contribution in [3.8, 4) is 0 Å². The minimum atomic E-state index is -3.47. The Morgan fingerprint density at radius 1 is 1.26 bits per heavy atom. The molecule has 5 nitrogen and oxygen atoms in total. The van der Waals surface area contributed by atoms with Crippen LogP contribution in [-0.2, 0) is 16.6 Å². The summed E-state index contributed by atoms with van der Waals surface area (Å²) in [6.45, 7) is 3.85. The molecule has 0 saturated carbocycles. The van der Waals surface area contributed by atoms with Gasteiger partial charge >= 0.3 is 0 Å². The number of nitrogens with two attached hydrogens (primary N) is 1. The number of hydrazine groups is 1. The SMILES string of the molecule is Cc1cc(S(=O)(=O)NN2CCCCC2)ccc1CN. The second-order valence-electron chi connectivity index (χ2n) is 4.93. The standard InChI is InChI=1S/C13H21N3O2S/c1-11-9-13(6-5-12(11)10-14)19(17,18)15-16-7-3-2-4-8-16/h5-6,9,15H,2-4,7-8,10,14H2,1H3. The Bertz CT molecular complexity index is 537. The van der Waals surface area contributed by atoms with E-state index in [1.807, 2.05) is 6.92 Å². The molecular weight excluding hydrogens is 262 g/mol. The third-order valence-corrected chi connectivity index (χ3v) is 4.82. The van der Waals surface area contributed by atoms with Gasteiger partial charge in [-0.3, -0.25) is 0 Å². The highest BCUT2D eigenvalue weighted by Crippen LogP contribution is 2.16. The van der Waals surface area contributed by atoms with E-state index in [0.717, 1.165) is 37.1 Å². The molecule has 0 atom stereocenters. The van der Waals surface area contributed by atoms with Gasteiger partial charge in [-0.2, -0.15) is 0 Å². The fourth-order valence-electron chi connectivity index (χ4n) is 2.27. The summed E-state index contributed by atoms with van der Waals surface area (Å²) in [5, 5.41) is 1.78. The monoisotopic (exact) mass is 283 g/mol. The van der Waals surface area contributed by atoms with Gasteiger partial charge in [-0.25, -0.2) is 13.4 Å². The molecule has 0 amide bonds. The van der Waals surface area contributed by atoms with E-state index in [1.165, 1.54) is 6.42 Å². The quantitative estimate of drug-likeness (QED) is 0.868. The Hall–Kier alpha value is -0.950. The van der Waals surface area contributed by atoms with Gasteiger partial charge in [-0.1, -0.05) is 12.5 Å². The Morgan fingerprint density at radius 3 is 2.53 bits per heavy atom. The normalized spacial score (nSPS) is 17.6. The maximum Gasteiger partial charge on any atom is 0.253 e. The summed E-state index contributed by atoms with van der Waals surface area (Å²) in [6, 6.07) is 5.07. The van der Waals surface area contributed by atoms with Gasteiger partial charge in [0.25, 0.3) is 10.0 Å². The first-order chi connectivity index (χ1) is 9.03. The Balaban J connectivity index is 2.16. The highest BCUT2D eigenvalue weighted by atomic mass is 32.2. The molecule has 2 rings (SSSR count). The number of benzene rings is 1. The van der Waals surface area contributed by atoms with Crippen LogP contribution in [0.3, 0.4) is 0 Å². The van der Waals surface area contributed by atoms with Crippen LogP contribution in [0.2, 0.25) is 0 Å². The maximum absolute atomic E-state index is 12.3. The highest BCUT2D eigenvalue weighted by molar-refractivity contribution is 7.89. The van der Waals surface area contributed by atoms with Crippen LogP contribution in [0.1, 0.15) is 30.4 Å². The summed E-state index contributed by atoms with van der Waals surface area (Å²) in [5.74, 6) is 0. The van der Waals surface area contributed by atoms with Gasteiger partial charge in [0.1, 0.15) is 0 Å². The molecule has 1 aliphatic rings. The van der Waals surface area contributed by atoms with Crippen molar-refractivity contribution in [2.75, 3.05) is 13.1 Å². The van der Waals surface area contributed by atoms with Gasteiger partial charge in [0.2, 0.25) is 0 Å². The molecule has 1 heterocycles. The average molecular weight is 283 g/mol. The molecule has 1 fully saturated rings. The van der Waals surface area contributed by atoms with E-state index in [4.69, 9.17) is 5.73 Å². The number of nitrogens with one attached hydrogen (secondary N) is 1. The molecule has 0 aliphatic carbocycles. The van der Waals surface area contributed by atoms with Crippen molar-refractivity contribution in [1.29, 1.82) is 0 Å². The highest BCUT2D eigenvalue weighted by Gasteiger charge is 2.20. The fraction of sp³-hybridized carbons (Fsp3) is 0.538. The van der Waals surface area contributed by atoms with Crippen molar-refractivity contribution in [1.82, 2.24) is 9.84 Å². The van der Waals surface area contributed by atoms with Gasteiger partial charge < -0.3 is 5.73 Å². The van der Waals surface area contributed by atoms with E-state index in [1.54, 1.807) is 23.2 Å². The molecule has 1 aromatic carbocycles. The van der Waals surface area contributed by atoms with E-state index in [2.05, 4.69) is 4.83 Å². The molecule has 0 spiro atoms. The first-order valence-electron chi connectivity index (χ1n) is 6.60. The van der Waals surface area contributed by atoms with E-state index in [-0.39, 0.29) is 0 Å². The molecule has 1 aromatic rings. The molecule has 1 saturated heterocycles. The zero-order valence-electron chi connectivity index (χ0n) is 11.2. The lowest BCUT2D eigenvalue weighted by atomic mass is 10.1. The third-order valence-electron chi connectivity index (χ3n) is 3.45. The van der Waals surface area contributed by atoms with Crippen LogP contribution in [0, 0.1) is 6.92 Å². The molecule has 0 bridgehead atoms. The molecule has 0 radical (unpaired) electrons. The summed E-state index contributed by atoms with van der Waals surface area (Å²) in [5.41, 5.74) is 7.46. The van der Waals surface area contributed by atoms with Crippen molar-refractivity contribution in [2.45, 2.75) is 37.6 Å². The molecule has 3 N–H and O–H groups in total. The lowest BCUT2D eigenvalue weighted by molar-refractivity contribution is 0.200. The number of sulfonamides is 1. The van der Waals surface area contributed by atoms with Crippen LogP contribution in [-0.4, -0.2) is 26.5 Å². The van der Waals surface area contributed by atoms with Gasteiger partial charge in [0.15, 0.2) is 0 Å². The molecule has 1 aliphatic heterocycles. The van der Waals surface area contributed by atoms with Crippen LogP contribution in [0.4, 0.5) is 0 Å². The topological polar surface area (TPSA) is 75.4 Å². The smallest absolute Gasteiger partial charge is 0.253 e. The van der Waals surface area contributed by atoms with Crippen molar-refractivity contribution in [3.63, 3.8) is 0 Å². The van der Waals surface area contributed by atoms with Crippen LogP contribution >= 0.6 is 0 Å². The zero-order valence-corrected chi connectivity index (χ0v) is 12.0. The first-order valence-corrected chi connectivity index (χ1v) is 8.08. The summed E-state index contributed by atoms with van der Waals surface area (Å²) >= 11 is 0. The van der Waals surface area contributed by atoms with Crippen LogP contribution in [0.15, 0.2) is 23.1 Å². The van der Waals surface area contributed by atoms with Crippen LogP contribution in [0.25, 0.3) is 0 Å². The first kappa shape index (κ1) is 14.5. The summed E-state index contributed by atoms with van der Waals surface area (Å²) in [7, 11) is -3.47. The van der Waals surface area contributed by atoms with Crippen LogP contribution in [0.5, 0.6) is 0 Å². The molecule has 0 unspecified atom stereocenters. The predicted molar refractivity (Wildman–Crippen MR) is 74.8 cm³/mol. The summed E-state index contributed by atoms with van der Waals surface area (Å²) in [4.78, 5) is 2.95. The number of aryl methyl sites for hydroxylation is 1. The summed E-state index contributed by atoms with van der Waals surface area (Å²) in [6.07, 6.45) is 3.24. The maximum atomic E-state index is 12.3.